The quantitative estimate of drug-likeness (QED) is 0.724. The van der Waals surface area contributed by atoms with Crippen molar-refractivity contribution < 1.29 is 9.90 Å². The van der Waals surface area contributed by atoms with Crippen LogP contribution in [0.15, 0.2) is 12.1 Å². The molecule has 0 saturated heterocycles. The van der Waals surface area contributed by atoms with Crippen LogP contribution in [-0.4, -0.2) is 39.7 Å². The Kier molecular flexibility index (Phi) is 5.27. The number of nitrogens with zero attached hydrogens (tertiary/aromatic N) is 3. The van der Waals surface area contributed by atoms with Crippen molar-refractivity contribution in [3.05, 3.63) is 23.3 Å². The summed E-state index contributed by atoms with van der Waals surface area (Å²) in [4.78, 5) is 10.7. The van der Waals surface area contributed by atoms with Gasteiger partial charge in [-0.2, -0.15) is 0 Å². The molecule has 0 spiro atoms. The van der Waals surface area contributed by atoms with Crippen molar-refractivity contribution in [2.24, 2.45) is 0 Å². The van der Waals surface area contributed by atoms with Gasteiger partial charge in [0.2, 0.25) is 0 Å². The minimum atomic E-state index is -0.775. The first-order valence-electron chi connectivity index (χ1n) is 7.31. The van der Waals surface area contributed by atoms with Crippen LogP contribution in [0.4, 0.5) is 0 Å². The largest absolute Gasteiger partial charge is 0.481 e. The van der Waals surface area contributed by atoms with Crippen LogP contribution in [0.5, 0.6) is 0 Å². The Balaban J connectivity index is 2.13. The Hall–Kier alpha value is -1.95. The SMILES string of the molecule is CNCCCCn1nnc2c(C)c(CCC(=O)O)ccc21. The van der Waals surface area contributed by atoms with Gasteiger partial charge in [-0.3, -0.25) is 4.79 Å². The van der Waals surface area contributed by atoms with E-state index in [-0.39, 0.29) is 6.42 Å². The van der Waals surface area contributed by atoms with Crippen LogP contribution in [0.3, 0.4) is 0 Å². The number of carbonyl (C=O) groups is 1. The maximum absolute atomic E-state index is 10.7. The van der Waals surface area contributed by atoms with E-state index in [0.717, 1.165) is 48.1 Å². The predicted molar refractivity (Wildman–Crippen MR) is 81.4 cm³/mol. The zero-order valence-electron chi connectivity index (χ0n) is 12.6. The van der Waals surface area contributed by atoms with Gasteiger partial charge in [0.1, 0.15) is 5.52 Å². The standard InChI is InChI=1S/C15H22N4O2/c1-11-12(6-8-14(20)21)5-7-13-15(11)17-18-19(13)10-4-3-9-16-2/h5,7,16H,3-4,6,8-10H2,1-2H3,(H,20,21). The van der Waals surface area contributed by atoms with Gasteiger partial charge in [0, 0.05) is 13.0 Å². The number of carboxylic acid groups (broad SMARTS) is 1. The lowest BCUT2D eigenvalue weighted by Crippen LogP contribution is -2.09. The molecule has 0 aliphatic rings. The third-order valence-corrected chi connectivity index (χ3v) is 3.71. The van der Waals surface area contributed by atoms with E-state index in [9.17, 15) is 4.79 Å². The summed E-state index contributed by atoms with van der Waals surface area (Å²) < 4.78 is 1.93. The fourth-order valence-corrected chi connectivity index (χ4v) is 2.45. The second-order valence-corrected chi connectivity index (χ2v) is 5.23. The summed E-state index contributed by atoms with van der Waals surface area (Å²) in [5.41, 5.74) is 3.98. The number of hydrogen-bond acceptors (Lipinski definition) is 4. The lowest BCUT2D eigenvalue weighted by Gasteiger charge is -2.06. The predicted octanol–water partition coefficient (Wildman–Crippen LogP) is 1.76. The van der Waals surface area contributed by atoms with Crippen LogP contribution in [0.25, 0.3) is 11.0 Å². The van der Waals surface area contributed by atoms with Crippen molar-refractivity contribution in [1.29, 1.82) is 0 Å². The molecule has 1 aromatic heterocycles. The normalized spacial score (nSPS) is 11.1. The molecule has 0 radical (unpaired) electrons. The highest BCUT2D eigenvalue weighted by molar-refractivity contribution is 5.79. The summed E-state index contributed by atoms with van der Waals surface area (Å²) >= 11 is 0. The van der Waals surface area contributed by atoms with E-state index < -0.39 is 5.97 Å². The molecule has 0 atom stereocenters. The van der Waals surface area contributed by atoms with E-state index in [4.69, 9.17) is 5.11 Å². The molecular formula is C15H22N4O2. The molecule has 1 aromatic carbocycles. The highest BCUT2D eigenvalue weighted by Gasteiger charge is 2.11. The first-order chi connectivity index (χ1) is 10.1. The molecule has 6 heteroatoms. The summed E-state index contributed by atoms with van der Waals surface area (Å²) in [6.45, 7) is 3.84. The Bertz CT molecular complexity index is 621. The van der Waals surface area contributed by atoms with Gasteiger partial charge in [-0.1, -0.05) is 11.3 Å². The molecular weight excluding hydrogens is 268 g/mol. The third-order valence-electron chi connectivity index (χ3n) is 3.71. The third kappa shape index (κ3) is 3.78. The molecule has 21 heavy (non-hydrogen) atoms. The van der Waals surface area contributed by atoms with Crippen molar-refractivity contribution in [2.75, 3.05) is 13.6 Å². The number of rotatable bonds is 8. The van der Waals surface area contributed by atoms with Crippen LogP contribution in [-0.2, 0) is 17.8 Å². The fraction of sp³-hybridized carbons (Fsp3) is 0.533. The monoisotopic (exact) mass is 290 g/mol. The van der Waals surface area contributed by atoms with Crippen LogP contribution in [0.1, 0.15) is 30.4 Å². The zero-order valence-corrected chi connectivity index (χ0v) is 12.6. The first kappa shape index (κ1) is 15.4. The number of aryl methyl sites for hydroxylation is 3. The number of aromatic nitrogens is 3. The van der Waals surface area contributed by atoms with Crippen molar-refractivity contribution in [2.45, 2.75) is 39.2 Å². The van der Waals surface area contributed by atoms with Gasteiger partial charge in [-0.25, -0.2) is 4.68 Å². The van der Waals surface area contributed by atoms with E-state index in [2.05, 4.69) is 15.6 Å². The average molecular weight is 290 g/mol. The maximum Gasteiger partial charge on any atom is 0.303 e. The van der Waals surface area contributed by atoms with E-state index in [1.807, 2.05) is 30.8 Å². The molecule has 6 nitrogen and oxygen atoms in total. The molecule has 0 bridgehead atoms. The molecule has 0 aliphatic heterocycles. The number of benzene rings is 1. The average Bonchev–Trinajstić information content (AvgIpc) is 2.87. The molecule has 1 heterocycles. The lowest BCUT2D eigenvalue weighted by atomic mass is 10.0. The molecule has 2 N–H and O–H groups in total. The topological polar surface area (TPSA) is 80.0 Å². The molecule has 114 valence electrons. The van der Waals surface area contributed by atoms with Crippen molar-refractivity contribution in [3.63, 3.8) is 0 Å². The van der Waals surface area contributed by atoms with Gasteiger partial charge in [0.15, 0.2) is 0 Å². The van der Waals surface area contributed by atoms with Crippen LogP contribution < -0.4 is 5.32 Å². The van der Waals surface area contributed by atoms with Crippen molar-refractivity contribution in [1.82, 2.24) is 20.3 Å². The fourth-order valence-electron chi connectivity index (χ4n) is 2.45. The zero-order chi connectivity index (χ0) is 15.2. The lowest BCUT2D eigenvalue weighted by molar-refractivity contribution is -0.136. The van der Waals surface area contributed by atoms with Gasteiger partial charge in [0.25, 0.3) is 0 Å². The smallest absolute Gasteiger partial charge is 0.303 e. The summed E-state index contributed by atoms with van der Waals surface area (Å²) in [6.07, 6.45) is 2.84. The number of aliphatic carboxylic acids is 1. The Labute approximate surface area is 124 Å². The van der Waals surface area contributed by atoms with Gasteiger partial charge in [-0.15, -0.1) is 5.10 Å². The highest BCUT2D eigenvalue weighted by Crippen LogP contribution is 2.21. The molecule has 2 aromatic rings. The Morgan fingerprint density at radius 3 is 2.90 bits per heavy atom. The van der Waals surface area contributed by atoms with Crippen LogP contribution >= 0.6 is 0 Å². The second kappa shape index (κ2) is 7.17. The number of fused-ring (bicyclic) bond motifs is 1. The number of nitrogens with one attached hydrogen (secondary N) is 1. The van der Waals surface area contributed by atoms with Gasteiger partial charge in [0.05, 0.1) is 5.52 Å². The van der Waals surface area contributed by atoms with E-state index in [1.54, 1.807) is 0 Å². The summed E-state index contributed by atoms with van der Waals surface area (Å²) in [5.74, 6) is -0.775. The molecule has 0 fully saturated rings. The minimum absolute atomic E-state index is 0.143. The summed E-state index contributed by atoms with van der Waals surface area (Å²) in [6, 6.07) is 3.99. The number of hydrogen-bond donors (Lipinski definition) is 2. The second-order valence-electron chi connectivity index (χ2n) is 5.23. The van der Waals surface area contributed by atoms with Crippen molar-refractivity contribution >= 4 is 17.0 Å². The van der Waals surface area contributed by atoms with Crippen LogP contribution in [0.2, 0.25) is 0 Å². The number of unbranched alkanes of at least 4 members (excludes halogenated alkanes) is 1. The highest BCUT2D eigenvalue weighted by atomic mass is 16.4. The van der Waals surface area contributed by atoms with E-state index in [1.165, 1.54) is 0 Å². The van der Waals surface area contributed by atoms with Crippen molar-refractivity contribution in [3.8, 4) is 0 Å². The number of carboxylic acids is 1. The minimum Gasteiger partial charge on any atom is -0.481 e. The maximum atomic E-state index is 10.7. The Morgan fingerprint density at radius 2 is 2.19 bits per heavy atom. The van der Waals surface area contributed by atoms with Gasteiger partial charge >= 0.3 is 5.97 Å². The Morgan fingerprint density at radius 1 is 1.38 bits per heavy atom. The molecule has 0 aliphatic carbocycles. The first-order valence-corrected chi connectivity index (χ1v) is 7.31. The summed E-state index contributed by atoms with van der Waals surface area (Å²) in [7, 11) is 1.95. The van der Waals surface area contributed by atoms with Gasteiger partial charge in [-0.05, 0) is 57.0 Å². The van der Waals surface area contributed by atoms with Gasteiger partial charge < -0.3 is 10.4 Å². The molecule has 2 rings (SSSR count). The van der Waals surface area contributed by atoms with E-state index in [0.29, 0.717) is 6.42 Å². The van der Waals surface area contributed by atoms with Crippen LogP contribution in [0, 0.1) is 6.92 Å². The summed E-state index contributed by atoms with van der Waals surface area (Å²) in [5, 5.41) is 20.4. The van der Waals surface area contributed by atoms with E-state index >= 15 is 0 Å². The molecule has 0 unspecified atom stereocenters. The molecule has 0 amide bonds. The molecule has 0 saturated carbocycles.